The van der Waals surface area contributed by atoms with Gasteiger partial charge in [-0.3, -0.25) is 29.8 Å². The smallest absolute Gasteiger partial charge is 0.231 e. The first-order valence-corrected chi connectivity index (χ1v) is 6.97. The van der Waals surface area contributed by atoms with Crippen LogP contribution in [0.4, 0.5) is 0 Å². The Balaban J connectivity index is 1.63. The van der Waals surface area contributed by atoms with Gasteiger partial charge in [0.25, 0.3) is 0 Å². The van der Waals surface area contributed by atoms with Gasteiger partial charge in [0, 0.05) is 0 Å². The van der Waals surface area contributed by atoms with Crippen molar-refractivity contribution < 1.29 is 19.2 Å². The summed E-state index contributed by atoms with van der Waals surface area (Å²) in [4.78, 5) is 47.8. The molecule has 8 atom stereocenters. The molecule has 2 aliphatic heterocycles. The predicted molar refractivity (Wildman–Crippen MR) is 63.4 cm³/mol. The molecule has 2 unspecified atom stereocenters. The summed E-state index contributed by atoms with van der Waals surface area (Å²) in [6.07, 6.45) is 3.97. The molecule has 0 radical (unpaired) electrons. The van der Waals surface area contributed by atoms with Gasteiger partial charge in [0.05, 0.1) is 23.7 Å². The number of rotatable bonds is 0. The maximum Gasteiger partial charge on any atom is 0.231 e. The summed E-state index contributed by atoms with van der Waals surface area (Å²) >= 11 is 0. The van der Waals surface area contributed by atoms with Gasteiger partial charge < -0.3 is 0 Å². The molecule has 4 aliphatic carbocycles. The zero-order chi connectivity index (χ0) is 13.8. The molecule has 2 saturated carbocycles. The van der Waals surface area contributed by atoms with E-state index >= 15 is 0 Å². The highest BCUT2D eigenvalue weighted by molar-refractivity contribution is 6.09. The molecular weight excluding hydrogens is 260 g/mol. The first-order valence-electron chi connectivity index (χ1n) is 6.97. The molecule has 0 spiro atoms. The Hall–Kier alpha value is -1.98. The quantitative estimate of drug-likeness (QED) is 0.429. The largest absolute Gasteiger partial charge is 0.296 e. The lowest BCUT2D eigenvalue weighted by Gasteiger charge is -2.60. The summed E-state index contributed by atoms with van der Waals surface area (Å²) in [6, 6.07) is 0. The highest BCUT2D eigenvalue weighted by Crippen LogP contribution is 2.66. The van der Waals surface area contributed by atoms with Crippen LogP contribution in [0.25, 0.3) is 0 Å². The second kappa shape index (κ2) is 3.02. The third kappa shape index (κ3) is 0.910. The van der Waals surface area contributed by atoms with Crippen molar-refractivity contribution in [1.29, 1.82) is 0 Å². The fourth-order valence-corrected chi connectivity index (χ4v) is 5.44. The number of hydrogen-bond donors (Lipinski definition) is 2. The molecular formula is C14H12N2O4. The number of hydrogen-bond acceptors (Lipinski definition) is 4. The van der Waals surface area contributed by atoms with Gasteiger partial charge in [-0.25, -0.2) is 0 Å². The van der Waals surface area contributed by atoms with Crippen LogP contribution in [-0.2, 0) is 19.2 Å². The highest BCUT2D eigenvalue weighted by Gasteiger charge is 2.72. The van der Waals surface area contributed by atoms with E-state index in [1.165, 1.54) is 0 Å². The fourth-order valence-electron chi connectivity index (χ4n) is 5.44. The lowest BCUT2D eigenvalue weighted by Crippen LogP contribution is -2.63. The van der Waals surface area contributed by atoms with Crippen molar-refractivity contribution in [3.8, 4) is 0 Å². The van der Waals surface area contributed by atoms with Crippen LogP contribution in [0.5, 0.6) is 0 Å². The van der Waals surface area contributed by atoms with Gasteiger partial charge in [0.15, 0.2) is 0 Å². The lowest BCUT2D eigenvalue weighted by molar-refractivity contribution is -0.166. The van der Waals surface area contributed by atoms with Gasteiger partial charge in [-0.05, 0) is 23.7 Å². The van der Waals surface area contributed by atoms with E-state index in [9.17, 15) is 19.2 Å². The van der Waals surface area contributed by atoms with Crippen molar-refractivity contribution in [2.24, 2.45) is 47.3 Å². The van der Waals surface area contributed by atoms with Crippen molar-refractivity contribution in [3.05, 3.63) is 12.2 Å². The molecule has 0 aromatic carbocycles. The van der Waals surface area contributed by atoms with Crippen LogP contribution in [0.2, 0.25) is 0 Å². The first-order chi connectivity index (χ1) is 9.59. The minimum atomic E-state index is -0.344. The summed E-state index contributed by atoms with van der Waals surface area (Å²) in [7, 11) is 0. The van der Waals surface area contributed by atoms with Crippen molar-refractivity contribution in [2.75, 3.05) is 0 Å². The molecule has 2 bridgehead atoms. The van der Waals surface area contributed by atoms with Gasteiger partial charge in [0.2, 0.25) is 23.6 Å². The number of nitrogens with one attached hydrogen (secondary N) is 2. The van der Waals surface area contributed by atoms with E-state index in [1.807, 2.05) is 12.2 Å². The van der Waals surface area contributed by atoms with Gasteiger partial charge in [0.1, 0.15) is 0 Å². The average Bonchev–Trinajstić information content (AvgIpc) is 2.78. The second-order valence-electron chi connectivity index (χ2n) is 6.50. The van der Waals surface area contributed by atoms with Crippen LogP contribution in [-0.4, -0.2) is 23.6 Å². The summed E-state index contributed by atoms with van der Waals surface area (Å²) in [5, 5.41) is 4.81. The minimum Gasteiger partial charge on any atom is -0.296 e. The van der Waals surface area contributed by atoms with E-state index in [2.05, 4.69) is 10.6 Å². The molecule has 102 valence electrons. The summed E-state index contributed by atoms with van der Waals surface area (Å²) in [6.45, 7) is 0. The van der Waals surface area contributed by atoms with Gasteiger partial charge >= 0.3 is 0 Å². The zero-order valence-corrected chi connectivity index (χ0v) is 10.4. The number of allylic oxidation sites excluding steroid dienone is 2. The average molecular weight is 272 g/mol. The Bertz CT molecular complexity index is 587. The third-order valence-electron chi connectivity index (χ3n) is 6.03. The van der Waals surface area contributed by atoms with Gasteiger partial charge in [-0.2, -0.15) is 0 Å². The van der Waals surface area contributed by atoms with E-state index in [0.29, 0.717) is 0 Å². The normalized spacial score (nSPS) is 54.0. The molecule has 2 N–H and O–H groups in total. The molecule has 6 aliphatic rings. The Labute approximate surface area is 114 Å². The van der Waals surface area contributed by atoms with Gasteiger partial charge in [-0.15, -0.1) is 0 Å². The maximum atomic E-state index is 12.0. The SMILES string of the molecule is O=C1NC(=O)C2C1[C@H]1C=C[C@@H]2[C@@H]2[C@@H]3C(=O)NC(=O)[C@@H]3[C@@H]21. The zero-order valence-electron chi connectivity index (χ0n) is 10.4. The van der Waals surface area contributed by atoms with E-state index < -0.39 is 0 Å². The van der Waals surface area contributed by atoms with E-state index in [1.54, 1.807) is 0 Å². The highest BCUT2D eigenvalue weighted by atomic mass is 16.2. The molecule has 6 nitrogen and oxygen atoms in total. The molecule has 6 heteroatoms. The second-order valence-corrected chi connectivity index (χ2v) is 6.50. The minimum absolute atomic E-state index is 0.0411. The van der Waals surface area contributed by atoms with E-state index in [-0.39, 0.29) is 71.0 Å². The van der Waals surface area contributed by atoms with Crippen LogP contribution < -0.4 is 10.6 Å². The van der Waals surface area contributed by atoms with E-state index in [4.69, 9.17) is 0 Å². The Kier molecular flexibility index (Phi) is 1.63. The third-order valence-corrected chi connectivity index (χ3v) is 6.03. The molecule has 4 fully saturated rings. The first kappa shape index (κ1) is 10.8. The van der Waals surface area contributed by atoms with Crippen LogP contribution >= 0.6 is 0 Å². The number of amides is 4. The number of fused-ring (bicyclic) bond motifs is 1. The maximum absolute atomic E-state index is 12.0. The van der Waals surface area contributed by atoms with Gasteiger partial charge in [-0.1, -0.05) is 12.2 Å². The van der Waals surface area contributed by atoms with Crippen LogP contribution in [0.15, 0.2) is 12.2 Å². The number of carbonyl (C=O) groups is 4. The standard InChI is InChI=1S/C14H12N2O4/c17-11-7-3-1-2-4(8(7)12(18)15-11)6-5(3)9-10(6)14(20)16-13(9)19/h1-10H,(H,15,17,18)(H,16,19,20)/t3-,4+,5+,6-,7?,8?,9+,10-. The topological polar surface area (TPSA) is 92.3 Å². The molecule has 2 heterocycles. The van der Waals surface area contributed by atoms with E-state index in [0.717, 1.165) is 0 Å². The monoisotopic (exact) mass is 272 g/mol. The number of imide groups is 2. The molecule has 2 saturated heterocycles. The van der Waals surface area contributed by atoms with Crippen LogP contribution in [0, 0.1) is 47.3 Å². The van der Waals surface area contributed by atoms with Crippen molar-refractivity contribution >= 4 is 23.6 Å². The summed E-state index contributed by atoms with van der Waals surface area (Å²) < 4.78 is 0. The van der Waals surface area contributed by atoms with Crippen molar-refractivity contribution in [3.63, 3.8) is 0 Å². The number of carbonyl (C=O) groups excluding carboxylic acids is 4. The molecule has 0 aromatic rings. The molecule has 20 heavy (non-hydrogen) atoms. The molecule has 6 rings (SSSR count). The molecule has 4 amide bonds. The molecule has 0 aromatic heterocycles. The lowest BCUT2D eigenvalue weighted by atomic mass is 9.40. The Morgan fingerprint density at radius 3 is 1.35 bits per heavy atom. The van der Waals surface area contributed by atoms with Crippen LogP contribution in [0.3, 0.4) is 0 Å². The fraction of sp³-hybridized carbons (Fsp3) is 0.571. The van der Waals surface area contributed by atoms with Crippen molar-refractivity contribution in [2.45, 2.75) is 0 Å². The Morgan fingerprint density at radius 2 is 0.950 bits per heavy atom. The predicted octanol–water partition coefficient (Wildman–Crippen LogP) is -1.17. The Morgan fingerprint density at radius 1 is 0.600 bits per heavy atom. The van der Waals surface area contributed by atoms with Crippen molar-refractivity contribution in [1.82, 2.24) is 10.6 Å². The van der Waals surface area contributed by atoms with Crippen LogP contribution in [0.1, 0.15) is 0 Å². The summed E-state index contributed by atoms with van der Waals surface area (Å²) in [5.74, 6) is -2.21. The summed E-state index contributed by atoms with van der Waals surface area (Å²) in [5.41, 5.74) is 0.